The van der Waals surface area contributed by atoms with Gasteiger partial charge in [-0.05, 0) is 94.2 Å². The predicted molar refractivity (Wildman–Crippen MR) is 295 cm³/mol. The number of pyridine rings is 2. The first-order valence-electron chi connectivity index (χ1n) is 25.3. The van der Waals surface area contributed by atoms with Gasteiger partial charge in [-0.25, -0.2) is 52.1 Å². The molecule has 0 saturated carbocycles. The van der Waals surface area contributed by atoms with Crippen LogP contribution in [0.3, 0.4) is 0 Å². The van der Waals surface area contributed by atoms with Crippen LogP contribution in [0.15, 0.2) is 99.8 Å². The van der Waals surface area contributed by atoms with Gasteiger partial charge in [0.05, 0.1) is 47.1 Å². The third kappa shape index (κ3) is 12.7. The van der Waals surface area contributed by atoms with Crippen LogP contribution in [-0.2, 0) is 9.31 Å². The summed E-state index contributed by atoms with van der Waals surface area (Å²) in [6, 6.07) is 19.4. The van der Waals surface area contributed by atoms with Gasteiger partial charge >= 0.3 is 18.5 Å². The van der Waals surface area contributed by atoms with Crippen LogP contribution in [0.2, 0.25) is 0 Å². The molecule has 0 aliphatic carbocycles. The molecule has 3 aliphatic rings. The Morgan fingerprint density at radius 1 is 0.600 bits per heavy atom. The highest BCUT2D eigenvalue weighted by Gasteiger charge is 2.51. The van der Waals surface area contributed by atoms with E-state index < -0.39 is 11.6 Å². The molecular formula is C53H73BBrF3N12O5. The van der Waals surface area contributed by atoms with Crippen molar-refractivity contribution in [1.82, 2.24) is 38.7 Å². The lowest BCUT2D eigenvalue weighted by atomic mass is 9.79. The zero-order chi connectivity index (χ0) is 53.6. The zero-order valence-corrected chi connectivity index (χ0v) is 45.6. The average molecular weight is 1110 g/mol. The highest BCUT2D eigenvalue weighted by atomic mass is 79.9. The normalized spacial score (nSPS) is 17.1. The molecule has 0 unspecified atom stereocenters. The van der Waals surface area contributed by atoms with Gasteiger partial charge in [0, 0.05) is 80.3 Å². The fourth-order valence-electron chi connectivity index (χ4n) is 9.69. The van der Waals surface area contributed by atoms with E-state index in [9.17, 15) is 9.59 Å². The van der Waals surface area contributed by atoms with Crippen molar-refractivity contribution in [2.24, 2.45) is 11.8 Å². The van der Waals surface area contributed by atoms with E-state index in [1.807, 2.05) is 53.7 Å². The highest BCUT2D eigenvalue weighted by molar-refractivity contribution is 9.10. The Morgan fingerprint density at radius 2 is 0.933 bits per heavy atom. The molecule has 1 N–H and O–H groups in total. The summed E-state index contributed by atoms with van der Waals surface area (Å²) in [5, 5.41) is 14.0. The maximum atomic E-state index is 15.2. The first kappa shape index (κ1) is 58.3. The second-order valence-electron chi connectivity index (χ2n) is 20.5. The molecule has 2 aromatic carbocycles. The number of aromatic nitrogens is 8. The summed E-state index contributed by atoms with van der Waals surface area (Å²) >= 11 is 3.47. The molecule has 4 aromatic heterocycles. The quantitative estimate of drug-likeness (QED) is 0.110. The van der Waals surface area contributed by atoms with Crippen LogP contribution in [0.4, 0.5) is 36.1 Å². The third-order valence-corrected chi connectivity index (χ3v) is 15.3. The highest BCUT2D eigenvalue weighted by Crippen LogP contribution is 2.37. The third-order valence-electron chi connectivity index (χ3n) is 14.7. The number of halogens is 4. The van der Waals surface area contributed by atoms with E-state index in [0.717, 1.165) is 86.5 Å². The van der Waals surface area contributed by atoms with Gasteiger partial charge in [-0.1, -0.05) is 81.6 Å². The number of anilines is 4. The second kappa shape index (κ2) is 24.8. The lowest BCUT2D eigenvalue weighted by Gasteiger charge is -2.37. The van der Waals surface area contributed by atoms with Gasteiger partial charge in [0.2, 0.25) is 0 Å². The summed E-state index contributed by atoms with van der Waals surface area (Å²) in [6.07, 6.45) is 7.52. The predicted octanol–water partition coefficient (Wildman–Crippen LogP) is 8.56. The molecule has 17 nitrogen and oxygen atoms in total. The van der Waals surface area contributed by atoms with E-state index in [-0.39, 0.29) is 72.7 Å². The Hall–Kier alpha value is -5.97. The maximum Gasteiger partial charge on any atom is 0.494 e. The van der Waals surface area contributed by atoms with E-state index >= 15 is 8.78 Å². The minimum atomic E-state index is -0.544. The molecule has 6 aromatic rings. The van der Waals surface area contributed by atoms with Crippen molar-refractivity contribution in [3.63, 3.8) is 0 Å². The van der Waals surface area contributed by atoms with E-state index in [2.05, 4.69) is 120 Å². The molecule has 22 heteroatoms. The minimum Gasteiger partial charge on any atom is -0.399 e. The van der Waals surface area contributed by atoms with Crippen LogP contribution in [0.1, 0.15) is 102 Å². The topological polar surface area (TPSA) is 157 Å². The Morgan fingerprint density at radius 3 is 1.25 bits per heavy atom. The first-order chi connectivity index (χ1) is 35.3. The molecule has 0 spiro atoms. The van der Waals surface area contributed by atoms with Crippen molar-refractivity contribution < 1.29 is 27.9 Å². The Balaban J connectivity index is 0.000000238. The molecule has 3 fully saturated rings. The summed E-state index contributed by atoms with van der Waals surface area (Å²) in [7, 11) is -0.380. The Kier molecular flexibility index (Phi) is 19.3. The molecule has 7 heterocycles. The molecule has 3 aliphatic heterocycles. The molecule has 406 valence electrons. The number of hydrogen-bond acceptors (Lipinski definition) is 13. The largest absolute Gasteiger partial charge is 0.494 e. The van der Waals surface area contributed by atoms with Gasteiger partial charge < -0.3 is 28.9 Å². The molecular weight excluding hydrogens is 1030 g/mol. The van der Waals surface area contributed by atoms with E-state index in [0.29, 0.717) is 5.69 Å². The van der Waals surface area contributed by atoms with Crippen LogP contribution >= 0.6 is 15.9 Å². The molecule has 9 rings (SSSR count). The molecule has 0 bridgehead atoms. The lowest BCUT2D eigenvalue weighted by Crippen LogP contribution is -2.46. The summed E-state index contributed by atoms with van der Waals surface area (Å²) < 4.78 is 57.4. The van der Waals surface area contributed by atoms with Crippen LogP contribution < -0.4 is 36.4 Å². The van der Waals surface area contributed by atoms with Gasteiger partial charge in [-0.2, -0.15) is 10.2 Å². The molecule has 0 radical (unpaired) electrons. The fourth-order valence-corrected chi connectivity index (χ4v) is 9.96. The summed E-state index contributed by atoms with van der Waals surface area (Å²) in [5.41, 5.74) is 3.24. The summed E-state index contributed by atoms with van der Waals surface area (Å²) in [6.45, 7) is 26.7. The van der Waals surface area contributed by atoms with Crippen molar-refractivity contribution in [2.45, 2.75) is 113 Å². The number of nitrogens with zero attached hydrogens (tertiary/aromatic N) is 12. The van der Waals surface area contributed by atoms with Crippen LogP contribution in [0, 0.1) is 23.5 Å². The number of piperazine rings is 2. The van der Waals surface area contributed by atoms with Crippen molar-refractivity contribution in [3.05, 3.63) is 123 Å². The van der Waals surface area contributed by atoms with E-state index in [1.54, 1.807) is 12.4 Å². The smallest absolute Gasteiger partial charge is 0.399 e. The van der Waals surface area contributed by atoms with E-state index in [1.165, 1.54) is 49.0 Å². The van der Waals surface area contributed by atoms with Crippen molar-refractivity contribution in [1.29, 1.82) is 0 Å². The molecule has 75 heavy (non-hydrogen) atoms. The summed E-state index contributed by atoms with van der Waals surface area (Å²) in [4.78, 5) is 43.3. The molecule has 3 saturated heterocycles. The van der Waals surface area contributed by atoms with Crippen molar-refractivity contribution >= 4 is 51.3 Å². The van der Waals surface area contributed by atoms with Crippen LogP contribution in [0.25, 0.3) is 11.6 Å². The SMILES string of the molecule is C.CC[C@@H](C(C)C)n1ncn(-c2ncc(N3CCN(c4ccc(B5OC(C)(C)C(C)(C)O5)cc4)CC3)cc2F)c1=O.CC[C@@H](C(C)C)n1ncn(-c2ncc(N3CCN(c4ccc(Br)cc4)CC3)cc2F)c1=O.OF. The number of hydrogen-bond donors (Lipinski definition) is 1. The molecule has 0 amide bonds. The van der Waals surface area contributed by atoms with Crippen LogP contribution in [0.5, 0.6) is 0 Å². The Labute approximate surface area is 447 Å². The van der Waals surface area contributed by atoms with Crippen molar-refractivity contribution in [3.8, 4) is 11.6 Å². The van der Waals surface area contributed by atoms with E-state index in [4.69, 9.17) is 19.1 Å². The van der Waals surface area contributed by atoms with Gasteiger partial charge in [0.15, 0.2) is 23.3 Å². The number of rotatable bonds is 13. The molecule has 2 atom stereocenters. The van der Waals surface area contributed by atoms with Gasteiger partial charge in [0.1, 0.15) is 12.7 Å². The monoisotopic (exact) mass is 1100 g/mol. The minimum absolute atomic E-state index is 0. The van der Waals surface area contributed by atoms with Crippen LogP contribution in [-0.4, -0.2) is 115 Å². The first-order valence-corrected chi connectivity index (χ1v) is 26.1. The maximum absolute atomic E-state index is 15.2. The number of benzene rings is 2. The van der Waals surface area contributed by atoms with Crippen molar-refractivity contribution in [2.75, 3.05) is 72.0 Å². The van der Waals surface area contributed by atoms with Gasteiger partial charge in [0.25, 0.3) is 0 Å². The second-order valence-corrected chi connectivity index (χ2v) is 21.4. The zero-order valence-electron chi connectivity index (χ0n) is 44.0. The average Bonchev–Trinajstić information content (AvgIpc) is 4.02. The lowest BCUT2D eigenvalue weighted by molar-refractivity contribution is -0.0441. The Bertz CT molecular complexity index is 2900. The van der Waals surface area contributed by atoms with Gasteiger partial charge in [-0.15, -0.1) is 0 Å². The standard InChI is InChI=1S/C29H40BFN6O3.C23H28BrFN6O.CH4.FHO/c1-8-25(20(2)3)37-27(38)36(19-33-37)26-24(31)17-23(18-32-26)35-15-13-34(14-16-35)22-11-9-21(10-12-22)30-39-28(4,5)29(6,7)40-30;1-4-21(16(2)3)31-23(32)30(15-27-31)22-20(25)13-19(14-26-22)29-11-9-28(10-12-29)18-7-5-17(24)6-8-18;;1-2/h9-12,17-20,25H,8,13-16H2,1-7H3;5-8,13-16,21H,4,9-12H2,1-3H3;1H4;2H/t25-;21-;;/m00../s1. The van der Waals surface area contributed by atoms with Gasteiger partial charge in [-0.3, -0.25) is 0 Å². The fraction of sp³-hybridized carbons (Fsp3) is 0.509. The summed E-state index contributed by atoms with van der Waals surface area (Å²) in [5.74, 6) is -0.638.